The van der Waals surface area contributed by atoms with Gasteiger partial charge in [-0.15, -0.1) is 0 Å². The second-order valence-electron chi connectivity index (χ2n) is 2.92. The maximum absolute atomic E-state index is 5.94. The van der Waals surface area contributed by atoms with Crippen LogP contribution >= 0.6 is 11.6 Å². The van der Waals surface area contributed by atoms with Gasteiger partial charge < -0.3 is 4.98 Å². The Balaban J connectivity index is 2.64. The molecule has 0 bridgehead atoms. The predicted octanol–water partition coefficient (Wildman–Crippen LogP) is 2.16. The van der Waals surface area contributed by atoms with Crippen LogP contribution in [0.1, 0.15) is 0 Å². The van der Waals surface area contributed by atoms with Crippen molar-refractivity contribution >= 4 is 33.5 Å². The van der Waals surface area contributed by atoms with E-state index in [9.17, 15) is 0 Å². The van der Waals surface area contributed by atoms with Crippen molar-refractivity contribution in [3.05, 3.63) is 29.9 Å². The lowest BCUT2D eigenvalue weighted by Gasteiger charge is -1.98. The van der Waals surface area contributed by atoms with Crippen LogP contribution in [0.15, 0.2) is 24.8 Å². The fraction of sp³-hybridized carbons (Fsp3) is 0. The molecule has 0 spiro atoms. The number of aromatic amines is 1. The number of aromatic nitrogens is 4. The van der Waals surface area contributed by atoms with Crippen molar-refractivity contribution in [1.29, 1.82) is 0 Å². The first kappa shape index (κ1) is 7.70. The van der Waals surface area contributed by atoms with Gasteiger partial charge in [0.05, 0.1) is 17.4 Å². The molecule has 1 N–H and O–H groups in total. The van der Waals surface area contributed by atoms with E-state index in [1.165, 1.54) is 6.33 Å². The summed E-state index contributed by atoms with van der Waals surface area (Å²) in [5.41, 5.74) is 2.58. The SMILES string of the molecule is Clc1ncnc2c1ccc1nc[nH]c12. The van der Waals surface area contributed by atoms with Gasteiger partial charge in [0.25, 0.3) is 0 Å². The molecule has 0 saturated carbocycles. The van der Waals surface area contributed by atoms with Gasteiger partial charge in [0.1, 0.15) is 17.0 Å². The smallest absolute Gasteiger partial charge is 0.140 e. The van der Waals surface area contributed by atoms with Crippen molar-refractivity contribution in [1.82, 2.24) is 19.9 Å². The molecule has 2 aromatic heterocycles. The first-order valence-corrected chi connectivity index (χ1v) is 4.46. The van der Waals surface area contributed by atoms with Crippen LogP contribution in [0, 0.1) is 0 Å². The van der Waals surface area contributed by atoms with Gasteiger partial charge >= 0.3 is 0 Å². The number of halogens is 1. The molecule has 68 valence electrons. The lowest BCUT2D eigenvalue weighted by molar-refractivity contribution is 1.22. The van der Waals surface area contributed by atoms with Crippen LogP contribution in [0.3, 0.4) is 0 Å². The largest absolute Gasteiger partial charge is 0.343 e. The zero-order valence-electron chi connectivity index (χ0n) is 7.03. The zero-order chi connectivity index (χ0) is 9.54. The average molecular weight is 205 g/mol. The molecule has 0 aliphatic carbocycles. The molecular weight excluding hydrogens is 200 g/mol. The van der Waals surface area contributed by atoms with Gasteiger partial charge in [-0.25, -0.2) is 15.0 Å². The maximum Gasteiger partial charge on any atom is 0.140 e. The van der Waals surface area contributed by atoms with Gasteiger partial charge in [-0.1, -0.05) is 11.6 Å². The van der Waals surface area contributed by atoms with Gasteiger partial charge in [0, 0.05) is 5.39 Å². The number of nitrogens with zero attached hydrogens (tertiary/aromatic N) is 3. The summed E-state index contributed by atoms with van der Waals surface area (Å²) < 4.78 is 0. The first-order valence-electron chi connectivity index (χ1n) is 4.08. The predicted molar refractivity (Wildman–Crippen MR) is 54.2 cm³/mol. The molecule has 4 nitrogen and oxygen atoms in total. The Bertz CT molecular complexity index is 616. The van der Waals surface area contributed by atoms with Crippen LogP contribution in [0.25, 0.3) is 21.9 Å². The number of hydrogen-bond acceptors (Lipinski definition) is 3. The molecule has 3 rings (SSSR count). The van der Waals surface area contributed by atoms with Crippen molar-refractivity contribution in [2.75, 3.05) is 0 Å². The Morgan fingerprint density at radius 2 is 2.07 bits per heavy atom. The van der Waals surface area contributed by atoms with Gasteiger partial charge in [0.2, 0.25) is 0 Å². The number of fused-ring (bicyclic) bond motifs is 3. The van der Waals surface area contributed by atoms with Gasteiger partial charge in [-0.3, -0.25) is 0 Å². The van der Waals surface area contributed by atoms with E-state index < -0.39 is 0 Å². The lowest BCUT2D eigenvalue weighted by atomic mass is 10.2. The Hall–Kier alpha value is -1.68. The maximum atomic E-state index is 5.94. The molecule has 0 atom stereocenters. The summed E-state index contributed by atoms with van der Waals surface area (Å²) in [6.07, 6.45) is 3.09. The van der Waals surface area contributed by atoms with E-state index in [1.807, 2.05) is 12.1 Å². The molecule has 5 heteroatoms. The Labute approximate surface area is 84.0 Å². The molecule has 1 aromatic carbocycles. The Morgan fingerprint density at radius 1 is 1.14 bits per heavy atom. The highest BCUT2D eigenvalue weighted by atomic mass is 35.5. The molecule has 0 aliphatic heterocycles. The third-order valence-electron chi connectivity index (χ3n) is 2.15. The van der Waals surface area contributed by atoms with E-state index in [4.69, 9.17) is 11.6 Å². The fourth-order valence-corrected chi connectivity index (χ4v) is 1.70. The number of hydrogen-bond donors (Lipinski definition) is 1. The molecule has 0 fully saturated rings. The van der Waals surface area contributed by atoms with E-state index in [2.05, 4.69) is 19.9 Å². The minimum Gasteiger partial charge on any atom is -0.343 e. The highest BCUT2D eigenvalue weighted by molar-refractivity contribution is 6.34. The van der Waals surface area contributed by atoms with E-state index in [0.29, 0.717) is 5.15 Å². The topological polar surface area (TPSA) is 54.5 Å². The van der Waals surface area contributed by atoms with E-state index in [1.54, 1.807) is 6.33 Å². The van der Waals surface area contributed by atoms with Gasteiger partial charge in [-0.2, -0.15) is 0 Å². The van der Waals surface area contributed by atoms with Crippen LogP contribution in [-0.4, -0.2) is 19.9 Å². The zero-order valence-corrected chi connectivity index (χ0v) is 7.78. The van der Waals surface area contributed by atoms with Crippen LogP contribution in [0.2, 0.25) is 5.15 Å². The molecule has 14 heavy (non-hydrogen) atoms. The fourth-order valence-electron chi connectivity index (χ4n) is 1.50. The van der Waals surface area contributed by atoms with E-state index in [-0.39, 0.29) is 0 Å². The molecule has 0 amide bonds. The summed E-state index contributed by atoms with van der Waals surface area (Å²) >= 11 is 5.94. The highest BCUT2D eigenvalue weighted by Crippen LogP contribution is 2.24. The summed E-state index contributed by atoms with van der Waals surface area (Å²) in [6, 6.07) is 3.77. The molecule has 3 aromatic rings. The molecule has 0 radical (unpaired) electrons. The quantitative estimate of drug-likeness (QED) is 0.571. The third kappa shape index (κ3) is 0.914. The summed E-state index contributed by atoms with van der Waals surface area (Å²) in [7, 11) is 0. The Kier molecular flexibility index (Phi) is 1.46. The second kappa shape index (κ2) is 2.65. The third-order valence-corrected chi connectivity index (χ3v) is 2.45. The van der Waals surface area contributed by atoms with Crippen LogP contribution in [0.4, 0.5) is 0 Å². The van der Waals surface area contributed by atoms with Crippen molar-refractivity contribution in [2.24, 2.45) is 0 Å². The monoisotopic (exact) mass is 204 g/mol. The number of nitrogens with one attached hydrogen (secondary N) is 1. The van der Waals surface area contributed by atoms with Crippen molar-refractivity contribution in [3.8, 4) is 0 Å². The summed E-state index contributed by atoms with van der Waals surface area (Å²) in [6.45, 7) is 0. The van der Waals surface area contributed by atoms with Crippen LogP contribution < -0.4 is 0 Å². The van der Waals surface area contributed by atoms with Crippen molar-refractivity contribution in [3.63, 3.8) is 0 Å². The minimum atomic E-state index is 0.464. The lowest BCUT2D eigenvalue weighted by Crippen LogP contribution is -1.84. The van der Waals surface area contributed by atoms with E-state index in [0.717, 1.165) is 21.9 Å². The Morgan fingerprint density at radius 3 is 3.00 bits per heavy atom. The number of rotatable bonds is 0. The first-order chi connectivity index (χ1) is 6.86. The van der Waals surface area contributed by atoms with Crippen molar-refractivity contribution in [2.45, 2.75) is 0 Å². The normalized spacial score (nSPS) is 11.2. The minimum absolute atomic E-state index is 0.464. The number of H-pyrrole nitrogens is 1. The van der Waals surface area contributed by atoms with Gasteiger partial charge in [0.15, 0.2) is 0 Å². The average Bonchev–Trinajstić information content (AvgIpc) is 2.66. The second-order valence-corrected chi connectivity index (χ2v) is 3.28. The van der Waals surface area contributed by atoms with Crippen molar-refractivity contribution < 1.29 is 0 Å². The standard InChI is InChI=1S/C9H5ClN4/c10-9-5-1-2-6-8(13-3-11-6)7(5)12-4-14-9/h1-4H,(H,11,13). The molecule has 0 aliphatic rings. The number of benzene rings is 1. The van der Waals surface area contributed by atoms with Crippen LogP contribution in [0.5, 0.6) is 0 Å². The molecule has 0 unspecified atom stereocenters. The summed E-state index contributed by atoms with van der Waals surface area (Å²) in [4.78, 5) is 15.3. The van der Waals surface area contributed by atoms with Crippen LogP contribution in [-0.2, 0) is 0 Å². The van der Waals surface area contributed by atoms with Gasteiger partial charge in [-0.05, 0) is 12.1 Å². The highest BCUT2D eigenvalue weighted by Gasteiger charge is 2.06. The summed E-state index contributed by atoms with van der Waals surface area (Å²) in [5.74, 6) is 0. The number of imidazole rings is 1. The molecule has 2 heterocycles. The molecule has 0 saturated heterocycles. The summed E-state index contributed by atoms with van der Waals surface area (Å²) in [5, 5.41) is 1.30. The van der Waals surface area contributed by atoms with E-state index >= 15 is 0 Å². The molecular formula is C9H5ClN4.